The molecule has 10 heteroatoms. The van der Waals surface area contributed by atoms with E-state index in [0.717, 1.165) is 16.9 Å². The number of nitrogens with zero attached hydrogens (tertiary/aromatic N) is 3. The SMILES string of the molecule is CCC1=C(C(=O)OC)[C@H](c2ccccc2)n2c(s/c(=C\c3cc([N+](=O)[O-])ccc3Cl)c2=O)=N1. The lowest BCUT2D eigenvalue weighted by atomic mass is 9.95. The molecule has 168 valence electrons. The molecule has 0 saturated heterocycles. The number of aromatic nitrogens is 1. The highest BCUT2D eigenvalue weighted by atomic mass is 35.5. The van der Waals surface area contributed by atoms with Crippen LogP contribution < -0.4 is 14.9 Å². The number of fused-ring (bicyclic) bond motifs is 1. The van der Waals surface area contributed by atoms with E-state index in [9.17, 15) is 19.7 Å². The minimum atomic E-state index is -0.715. The summed E-state index contributed by atoms with van der Waals surface area (Å²) < 4.78 is 6.78. The van der Waals surface area contributed by atoms with E-state index in [2.05, 4.69) is 4.99 Å². The largest absolute Gasteiger partial charge is 0.466 e. The number of esters is 1. The van der Waals surface area contributed by atoms with Gasteiger partial charge in [0.2, 0.25) is 0 Å². The molecule has 0 N–H and O–H groups in total. The molecule has 1 aliphatic heterocycles. The number of nitro groups is 1. The summed E-state index contributed by atoms with van der Waals surface area (Å²) in [6, 6.07) is 12.5. The van der Waals surface area contributed by atoms with Gasteiger partial charge in [-0.1, -0.05) is 60.2 Å². The van der Waals surface area contributed by atoms with Crippen molar-refractivity contribution in [2.75, 3.05) is 7.11 Å². The second-order valence-electron chi connectivity index (χ2n) is 7.16. The highest BCUT2D eigenvalue weighted by Gasteiger charge is 2.33. The molecule has 0 radical (unpaired) electrons. The van der Waals surface area contributed by atoms with Crippen LogP contribution in [-0.2, 0) is 9.53 Å². The number of benzene rings is 2. The molecule has 0 spiro atoms. The summed E-state index contributed by atoms with van der Waals surface area (Å²) in [6.45, 7) is 1.88. The molecule has 0 unspecified atom stereocenters. The van der Waals surface area contributed by atoms with Gasteiger partial charge in [-0.05, 0) is 24.1 Å². The number of rotatable bonds is 5. The number of ether oxygens (including phenoxy) is 1. The van der Waals surface area contributed by atoms with Crippen LogP contribution in [0.15, 0.2) is 69.6 Å². The predicted octanol–water partition coefficient (Wildman–Crippen LogP) is 3.36. The van der Waals surface area contributed by atoms with Gasteiger partial charge in [-0.3, -0.25) is 19.5 Å². The average molecular weight is 484 g/mol. The lowest BCUT2D eigenvalue weighted by molar-refractivity contribution is -0.384. The van der Waals surface area contributed by atoms with Gasteiger partial charge in [-0.15, -0.1) is 0 Å². The van der Waals surface area contributed by atoms with Crippen molar-refractivity contribution in [2.24, 2.45) is 4.99 Å². The smallest absolute Gasteiger partial charge is 0.338 e. The zero-order valence-electron chi connectivity index (χ0n) is 17.6. The number of carbonyl (C=O) groups excluding carboxylic acids is 1. The van der Waals surface area contributed by atoms with E-state index in [0.29, 0.717) is 32.6 Å². The summed E-state index contributed by atoms with van der Waals surface area (Å²) in [6.07, 6.45) is 1.98. The van der Waals surface area contributed by atoms with Crippen LogP contribution in [0, 0.1) is 10.1 Å². The van der Waals surface area contributed by atoms with Crippen molar-refractivity contribution in [1.82, 2.24) is 4.57 Å². The molecule has 0 saturated carbocycles. The van der Waals surface area contributed by atoms with E-state index in [4.69, 9.17) is 16.3 Å². The van der Waals surface area contributed by atoms with Gasteiger partial charge in [0.05, 0.1) is 33.9 Å². The van der Waals surface area contributed by atoms with Crippen molar-refractivity contribution < 1.29 is 14.5 Å². The maximum atomic E-state index is 13.5. The minimum absolute atomic E-state index is 0.137. The van der Waals surface area contributed by atoms with Crippen LogP contribution in [0.2, 0.25) is 5.02 Å². The number of carbonyl (C=O) groups is 1. The van der Waals surface area contributed by atoms with Crippen molar-refractivity contribution in [3.05, 3.63) is 106 Å². The van der Waals surface area contributed by atoms with Crippen LogP contribution in [0.4, 0.5) is 5.69 Å². The van der Waals surface area contributed by atoms with E-state index in [1.807, 2.05) is 37.3 Å². The van der Waals surface area contributed by atoms with Crippen LogP contribution in [0.25, 0.3) is 6.08 Å². The first-order chi connectivity index (χ1) is 15.8. The van der Waals surface area contributed by atoms with Gasteiger partial charge in [-0.2, -0.15) is 0 Å². The Bertz CT molecular complexity index is 1470. The van der Waals surface area contributed by atoms with Crippen LogP contribution in [0.3, 0.4) is 0 Å². The van der Waals surface area contributed by atoms with Crippen molar-refractivity contribution in [1.29, 1.82) is 0 Å². The van der Waals surface area contributed by atoms with Gasteiger partial charge >= 0.3 is 5.97 Å². The Kier molecular flexibility index (Phi) is 6.26. The quantitative estimate of drug-likeness (QED) is 0.314. The zero-order chi connectivity index (χ0) is 23.7. The molecule has 1 atom stereocenters. The molecule has 1 aromatic heterocycles. The lowest BCUT2D eigenvalue weighted by Gasteiger charge is -2.25. The topological polar surface area (TPSA) is 104 Å². The maximum Gasteiger partial charge on any atom is 0.338 e. The summed E-state index contributed by atoms with van der Waals surface area (Å²) in [5.74, 6) is -0.555. The molecule has 0 aliphatic carbocycles. The Morgan fingerprint density at radius 3 is 2.67 bits per heavy atom. The third-order valence-corrected chi connectivity index (χ3v) is 6.57. The van der Waals surface area contributed by atoms with Crippen molar-refractivity contribution >= 4 is 40.7 Å². The first kappa shape index (κ1) is 22.6. The molecule has 0 amide bonds. The number of non-ortho nitro benzene ring substituents is 1. The number of thiazole rings is 1. The van der Waals surface area contributed by atoms with E-state index in [-0.39, 0.29) is 16.3 Å². The number of hydrogen-bond donors (Lipinski definition) is 0. The first-order valence-corrected chi connectivity index (χ1v) is 11.2. The molecular weight excluding hydrogens is 466 g/mol. The fraction of sp³-hybridized carbons (Fsp3) is 0.174. The Labute approximate surface area is 196 Å². The minimum Gasteiger partial charge on any atom is -0.466 e. The molecule has 2 aromatic carbocycles. The Hall–Kier alpha value is -3.56. The van der Waals surface area contributed by atoms with E-state index in [1.165, 1.54) is 36.0 Å². The summed E-state index contributed by atoms with van der Waals surface area (Å²) >= 11 is 7.36. The highest BCUT2D eigenvalue weighted by Crippen LogP contribution is 2.31. The second kappa shape index (κ2) is 9.13. The van der Waals surface area contributed by atoms with Crippen LogP contribution >= 0.6 is 22.9 Å². The molecule has 2 heterocycles. The summed E-state index contributed by atoms with van der Waals surface area (Å²) in [7, 11) is 1.29. The summed E-state index contributed by atoms with van der Waals surface area (Å²) in [5.41, 5.74) is 1.40. The third kappa shape index (κ3) is 4.12. The van der Waals surface area contributed by atoms with E-state index in [1.54, 1.807) is 0 Å². The van der Waals surface area contributed by atoms with Crippen LogP contribution in [-0.4, -0.2) is 22.6 Å². The average Bonchev–Trinajstić information content (AvgIpc) is 3.13. The molecule has 4 rings (SSSR count). The number of hydrogen-bond acceptors (Lipinski definition) is 7. The molecule has 3 aromatic rings. The molecular formula is C23H18ClN3O5S. The normalized spacial score (nSPS) is 15.7. The third-order valence-electron chi connectivity index (χ3n) is 5.24. The maximum absolute atomic E-state index is 13.5. The number of halogens is 1. The molecule has 1 aliphatic rings. The van der Waals surface area contributed by atoms with E-state index >= 15 is 0 Å². The van der Waals surface area contributed by atoms with Gasteiger partial charge in [0.25, 0.3) is 11.2 Å². The van der Waals surface area contributed by atoms with E-state index < -0.39 is 16.9 Å². The first-order valence-electron chi connectivity index (χ1n) is 9.97. The lowest BCUT2D eigenvalue weighted by Crippen LogP contribution is -2.40. The highest BCUT2D eigenvalue weighted by molar-refractivity contribution is 7.07. The number of allylic oxidation sites excluding steroid dienone is 1. The second-order valence-corrected chi connectivity index (χ2v) is 8.58. The fourth-order valence-electron chi connectivity index (χ4n) is 3.71. The number of methoxy groups -OCH3 is 1. The van der Waals surface area contributed by atoms with Gasteiger partial charge in [0, 0.05) is 22.7 Å². The van der Waals surface area contributed by atoms with Gasteiger partial charge in [0.15, 0.2) is 4.80 Å². The zero-order valence-corrected chi connectivity index (χ0v) is 19.2. The molecule has 8 nitrogen and oxygen atoms in total. The number of nitro benzene ring substituents is 1. The molecule has 33 heavy (non-hydrogen) atoms. The Morgan fingerprint density at radius 1 is 1.30 bits per heavy atom. The predicted molar refractivity (Wildman–Crippen MR) is 125 cm³/mol. The van der Waals surface area contributed by atoms with Crippen molar-refractivity contribution in [3.63, 3.8) is 0 Å². The Balaban J connectivity index is 2.00. The van der Waals surface area contributed by atoms with Gasteiger partial charge in [0.1, 0.15) is 0 Å². The standard InChI is InChI=1S/C23H18ClN3O5S/c1-3-17-19(22(29)32-2)20(13-7-5-4-6-8-13)26-21(28)18(33-23(26)25-17)12-14-11-15(27(30)31)9-10-16(14)24/h4-12,20H,3H2,1-2H3/b18-12-/t20-/m0/s1. The van der Waals surface area contributed by atoms with Crippen molar-refractivity contribution in [2.45, 2.75) is 19.4 Å². The van der Waals surface area contributed by atoms with Crippen LogP contribution in [0.1, 0.15) is 30.5 Å². The molecule has 0 fully saturated rings. The summed E-state index contributed by atoms with van der Waals surface area (Å²) in [4.78, 5) is 41.9. The van der Waals surface area contributed by atoms with Crippen LogP contribution in [0.5, 0.6) is 0 Å². The monoisotopic (exact) mass is 483 g/mol. The molecule has 0 bridgehead atoms. The van der Waals surface area contributed by atoms with Crippen molar-refractivity contribution in [3.8, 4) is 0 Å². The Morgan fingerprint density at radius 2 is 2.03 bits per heavy atom. The summed E-state index contributed by atoms with van der Waals surface area (Å²) in [5, 5.41) is 11.4. The van der Waals surface area contributed by atoms with Gasteiger partial charge < -0.3 is 4.74 Å². The fourth-order valence-corrected chi connectivity index (χ4v) is 4.89. The van der Waals surface area contributed by atoms with Gasteiger partial charge in [-0.25, -0.2) is 9.79 Å².